The summed E-state index contributed by atoms with van der Waals surface area (Å²) in [5.41, 5.74) is 1.64. The smallest absolute Gasteiger partial charge is 0.272 e. The number of hydrogen-bond donors (Lipinski definition) is 2. The van der Waals surface area contributed by atoms with Crippen LogP contribution in [-0.4, -0.2) is 18.4 Å². The second kappa shape index (κ2) is 10.0. The van der Waals surface area contributed by atoms with Crippen molar-refractivity contribution in [1.29, 1.82) is 0 Å². The summed E-state index contributed by atoms with van der Waals surface area (Å²) in [6.45, 7) is 4.15. The highest BCUT2D eigenvalue weighted by molar-refractivity contribution is 6.08. The van der Waals surface area contributed by atoms with Gasteiger partial charge in [-0.15, -0.1) is 0 Å². The van der Waals surface area contributed by atoms with Gasteiger partial charge >= 0.3 is 0 Å². The minimum atomic E-state index is -0.385. The van der Waals surface area contributed by atoms with E-state index in [1.807, 2.05) is 42.5 Å². The standard InChI is InChI=1S/C21H24N2O3/c1-3-4-14-26-19-12-10-18(11-13-19)23-21(25)20(22-16(2)24)15-17-8-6-5-7-9-17/h5-13,15H,3-4,14H2,1-2H3,(H,22,24)(H,23,25). The van der Waals surface area contributed by atoms with Crippen molar-refractivity contribution in [3.8, 4) is 5.75 Å². The summed E-state index contributed by atoms with van der Waals surface area (Å²) < 4.78 is 5.60. The maximum atomic E-state index is 12.5. The van der Waals surface area contributed by atoms with E-state index in [9.17, 15) is 9.59 Å². The first-order valence-electron chi connectivity index (χ1n) is 8.67. The molecule has 136 valence electrons. The fraction of sp³-hybridized carbons (Fsp3) is 0.238. The molecule has 2 rings (SSSR count). The van der Waals surface area contributed by atoms with Crippen LogP contribution in [0.25, 0.3) is 6.08 Å². The van der Waals surface area contributed by atoms with E-state index in [-0.39, 0.29) is 17.5 Å². The molecule has 0 bridgehead atoms. The van der Waals surface area contributed by atoms with Gasteiger partial charge in [-0.25, -0.2) is 0 Å². The Morgan fingerprint density at radius 3 is 2.35 bits per heavy atom. The summed E-state index contributed by atoms with van der Waals surface area (Å²) in [5, 5.41) is 5.36. The molecule has 2 aromatic rings. The fourth-order valence-corrected chi connectivity index (χ4v) is 2.23. The number of hydrogen-bond acceptors (Lipinski definition) is 3. The van der Waals surface area contributed by atoms with Crippen molar-refractivity contribution in [2.24, 2.45) is 0 Å². The zero-order valence-corrected chi connectivity index (χ0v) is 15.1. The van der Waals surface area contributed by atoms with E-state index in [0.29, 0.717) is 12.3 Å². The number of rotatable bonds is 8. The predicted octanol–water partition coefficient (Wildman–Crippen LogP) is 3.98. The number of nitrogens with one attached hydrogen (secondary N) is 2. The van der Waals surface area contributed by atoms with Crippen molar-refractivity contribution in [3.05, 3.63) is 65.9 Å². The number of unbranched alkanes of at least 4 members (excludes halogenated alkanes) is 1. The van der Waals surface area contributed by atoms with Gasteiger partial charge in [-0.2, -0.15) is 0 Å². The number of carbonyl (C=O) groups excluding carboxylic acids is 2. The predicted molar refractivity (Wildman–Crippen MR) is 104 cm³/mol. The Kier molecular flexibility index (Phi) is 7.43. The molecule has 5 nitrogen and oxygen atoms in total. The summed E-state index contributed by atoms with van der Waals surface area (Å²) in [5.74, 6) is 0.0732. The maximum absolute atomic E-state index is 12.5. The van der Waals surface area contributed by atoms with Crippen LogP contribution in [0, 0.1) is 0 Å². The molecule has 0 atom stereocenters. The van der Waals surface area contributed by atoms with Gasteiger partial charge in [0, 0.05) is 12.6 Å². The Morgan fingerprint density at radius 1 is 1.04 bits per heavy atom. The van der Waals surface area contributed by atoms with E-state index >= 15 is 0 Å². The van der Waals surface area contributed by atoms with Gasteiger partial charge in [0.15, 0.2) is 0 Å². The molecule has 0 radical (unpaired) electrons. The van der Waals surface area contributed by atoms with E-state index in [0.717, 1.165) is 24.2 Å². The van der Waals surface area contributed by atoms with Gasteiger partial charge in [-0.1, -0.05) is 43.7 Å². The van der Waals surface area contributed by atoms with Crippen LogP contribution in [0.5, 0.6) is 5.75 Å². The molecule has 0 saturated carbocycles. The molecule has 0 fully saturated rings. The second-order valence-corrected chi connectivity index (χ2v) is 5.83. The lowest BCUT2D eigenvalue weighted by atomic mass is 10.2. The first-order chi connectivity index (χ1) is 12.6. The normalized spacial score (nSPS) is 10.9. The Labute approximate surface area is 154 Å². The van der Waals surface area contributed by atoms with Crippen molar-refractivity contribution in [3.63, 3.8) is 0 Å². The lowest BCUT2D eigenvalue weighted by Gasteiger charge is -2.11. The van der Waals surface area contributed by atoms with Crippen LogP contribution in [0.15, 0.2) is 60.3 Å². The molecule has 0 heterocycles. The molecular weight excluding hydrogens is 328 g/mol. The van der Waals surface area contributed by atoms with E-state index in [2.05, 4.69) is 17.6 Å². The van der Waals surface area contributed by atoms with Crippen molar-refractivity contribution in [1.82, 2.24) is 5.32 Å². The van der Waals surface area contributed by atoms with Crippen LogP contribution in [-0.2, 0) is 9.59 Å². The van der Waals surface area contributed by atoms with Crippen molar-refractivity contribution < 1.29 is 14.3 Å². The van der Waals surface area contributed by atoms with Gasteiger partial charge in [-0.05, 0) is 42.3 Å². The molecule has 2 aromatic carbocycles. The van der Waals surface area contributed by atoms with Crippen LogP contribution >= 0.6 is 0 Å². The molecular formula is C21H24N2O3. The molecule has 26 heavy (non-hydrogen) atoms. The Balaban J connectivity index is 2.06. The van der Waals surface area contributed by atoms with Crippen molar-refractivity contribution >= 4 is 23.6 Å². The SMILES string of the molecule is CCCCOc1ccc(NC(=O)C(=Cc2ccccc2)NC(C)=O)cc1. The van der Waals surface area contributed by atoms with Gasteiger partial charge < -0.3 is 15.4 Å². The molecule has 2 amide bonds. The molecule has 0 unspecified atom stereocenters. The highest BCUT2D eigenvalue weighted by Crippen LogP contribution is 2.17. The van der Waals surface area contributed by atoms with Crippen molar-refractivity contribution in [2.75, 3.05) is 11.9 Å². The van der Waals surface area contributed by atoms with Crippen LogP contribution in [0.3, 0.4) is 0 Å². The first-order valence-corrected chi connectivity index (χ1v) is 8.67. The number of carbonyl (C=O) groups is 2. The number of benzene rings is 2. The molecule has 0 aromatic heterocycles. The average Bonchev–Trinajstić information content (AvgIpc) is 2.63. The zero-order valence-electron chi connectivity index (χ0n) is 15.1. The quantitative estimate of drug-likeness (QED) is 0.558. The minimum absolute atomic E-state index is 0.187. The summed E-state index contributed by atoms with van der Waals surface area (Å²) in [4.78, 5) is 23.9. The number of anilines is 1. The third-order valence-corrected chi connectivity index (χ3v) is 3.54. The van der Waals surface area contributed by atoms with Gasteiger partial charge in [0.25, 0.3) is 5.91 Å². The summed E-state index contributed by atoms with van der Waals surface area (Å²) in [6, 6.07) is 16.5. The maximum Gasteiger partial charge on any atom is 0.272 e. The Hall–Kier alpha value is -3.08. The van der Waals surface area contributed by atoms with Gasteiger partial charge in [0.2, 0.25) is 5.91 Å². The largest absolute Gasteiger partial charge is 0.494 e. The molecule has 0 aliphatic heterocycles. The Bertz CT molecular complexity index is 753. The van der Waals surface area contributed by atoms with Crippen LogP contribution in [0.2, 0.25) is 0 Å². The van der Waals surface area contributed by atoms with E-state index < -0.39 is 0 Å². The van der Waals surface area contributed by atoms with Gasteiger partial charge in [-0.3, -0.25) is 9.59 Å². The zero-order chi connectivity index (χ0) is 18.8. The van der Waals surface area contributed by atoms with E-state index in [1.54, 1.807) is 18.2 Å². The van der Waals surface area contributed by atoms with Crippen LogP contribution < -0.4 is 15.4 Å². The molecule has 0 spiro atoms. The molecule has 5 heteroatoms. The monoisotopic (exact) mass is 352 g/mol. The molecule has 0 aliphatic rings. The molecule has 0 aliphatic carbocycles. The lowest BCUT2D eigenvalue weighted by molar-refractivity contribution is -0.120. The fourth-order valence-electron chi connectivity index (χ4n) is 2.23. The number of amides is 2. The summed E-state index contributed by atoms with van der Waals surface area (Å²) >= 11 is 0. The third-order valence-electron chi connectivity index (χ3n) is 3.54. The van der Waals surface area contributed by atoms with Crippen LogP contribution in [0.1, 0.15) is 32.3 Å². The van der Waals surface area contributed by atoms with Gasteiger partial charge in [0.05, 0.1) is 6.61 Å². The van der Waals surface area contributed by atoms with Crippen molar-refractivity contribution in [2.45, 2.75) is 26.7 Å². The summed E-state index contributed by atoms with van der Waals surface area (Å²) in [7, 11) is 0. The Morgan fingerprint density at radius 2 is 1.73 bits per heavy atom. The second-order valence-electron chi connectivity index (χ2n) is 5.83. The van der Waals surface area contributed by atoms with Crippen LogP contribution in [0.4, 0.5) is 5.69 Å². The summed E-state index contributed by atoms with van der Waals surface area (Å²) in [6.07, 6.45) is 3.72. The highest BCUT2D eigenvalue weighted by Gasteiger charge is 2.11. The highest BCUT2D eigenvalue weighted by atomic mass is 16.5. The van der Waals surface area contributed by atoms with E-state index in [1.165, 1.54) is 6.92 Å². The van der Waals surface area contributed by atoms with Gasteiger partial charge in [0.1, 0.15) is 11.4 Å². The van der Waals surface area contributed by atoms with E-state index in [4.69, 9.17) is 4.74 Å². The number of ether oxygens (including phenoxy) is 1. The topological polar surface area (TPSA) is 67.4 Å². The lowest BCUT2D eigenvalue weighted by Crippen LogP contribution is -2.28. The molecule has 0 saturated heterocycles. The minimum Gasteiger partial charge on any atom is -0.494 e. The third kappa shape index (κ3) is 6.43. The molecule has 2 N–H and O–H groups in total. The first kappa shape index (κ1) is 19.2. The average molecular weight is 352 g/mol.